The molecule has 0 aromatic carbocycles. The van der Waals surface area contributed by atoms with Gasteiger partial charge in [0.1, 0.15) is 6.10 Å². The van der Waals surface area contributed by atoms with Gasteiger partial charge >= 0.3 is 5.97 Å². The van der Waals surface area contributed by atoms with Crippen LogP contribution in [0, 0.1) is 29.1 Å². The first-order chi connectivity index (χ1) is 8.44. The van der Waals surface area contributed by atoms with Gasteiger partial charge in [-0.1, -0.05) is 26.8 Å². The zero-order valence-corrected chi connectivity index (χ0v) is 11.2. The van der Waals surface area contributed by atoms with E-state index in [-0.39, 0.29) is 41.0 Å². The smallest absolute Gasteiger partial charge is 0.309 e. The fourth-order valence-electron chi connectivity index (χ4n) is 4.21. The Balaban J connectivity index is 2.00. The normalized spacial score (nSPS) is 50.7. The monoisotopic (exact) mass is 248 g/mol. The first kappa shape index (κ1) is 11.9. The summed E-state index contributed by atoms with van der Waals surface area (Å²) in [6.07, 6.45) is 5.79. The Bertz CT molecular complexity index is 439. The maximum absolute atomic E-state index is 11.9. The summed E-state index contributed by atoms with van der Waals surface area (Å²) in [6, 6.07) is 0. The van der Waals surface area contributed by atoms with Crippen LogP contribution in [0.4, 0.5) is 0 Å². The lowest BCUT2D eigenvalue weighted by molar-refractivity contribution is -0.151. The highest BCUT2D eigenvalue weighted by molar-refractivity contribution is 5.93. The fourth-order valence-corrected chi connectivity index (χ4v) is 4.21. The minimum atomic E-state index is -0.0801. The second-order valence-electron chi connectivity index (χ2n) is 6.45. The van der Waals surface area contributed by atoms with Crippen LogP contribution >= 0.6 is 0 Å². The molecule has 0 bridgehead atoms. The van der Waals surface area contributed by atoms with Crippen molar-refractivity contribution in [2.24, 2.45) is 29.1 Å². The van der Waals surface area contributed by atoms with Gasteiger partial charge < -0.3 is 4.74 Å². The molecular weight excluding hydrogens is 228 g/mol. The molecule has 2 fully saturated rings. The molecule has 3 rings (SSSR count). The summed E-state index contributed by atoms with van der Waals surface area (Å²) >= 11 is 0. The maximum Gasteiger partial charge on any atom is 0.309 e. The molecule has 0 amide bonds. The molecule has 0 unspecified atom stereocenters. The van der Waals surface area contributed by atoms with Crippen LogP contribution in [0.15, 0.2) is 12.2 Å². The molecule has 98 valence electrons. The number of carbonyl (C=O) groups excluding carboxylic acids is 2. The molecule has 0 N–H and O–H groups in total. The first-order valence-corrected chi connectivity index (χ1v) is 6.87. The lowest BCUT2D eigenvalue weighted by atomic mass is 9.55. The summed E-state index contributed by atoms with van der Waals surface area (Å²) in [5, 5.41) is 0. The first-order valence-electron chi connectivity index (χ1n) is 6.87. The predicted molar refractivity (Wildman–Crippen MR) is 66.7 cm³/mol. The summed E-state index contributed by atoms with van der Waals surface area (Å²) in [4.78, 5) is 23.7. The van der Waals surface area contributed by atoms with E-state index < -0.39 is 0 Å². The summed E-state index contributed by atoms with van der Waals surface area (Å²) in [7, 11) is 0. The second-order valence-corrected chi connectivity index (χ2v) is 6.45. The van der Waals surface area contributed by atoms with Gasteiger partial charge in [0.2, 0.25) is 0 Å². The van der Waals surface area contributed by atoms with Gasteiger partial charge in [0, 0.05) is 17.8 Å². The molecule has 1 heterocycles. The Hall–Kier alpha value is -1.12. The van der Waals surface area contributed by atoms with Gasteiger partial charge in [0.25, 0.3) is 0 Å². The highest BCUT2D eigenvalue weighted by atomic mass is 16.6. The van der Waals surface area contributed by atoms with Crippen molar-refractivity contribution in [3.63, 3.8) is 0 Å². The van der Waals surface area contributed by atoms with Crippen molar-refractivity contribution >= 4 is 11.8 Å². The van der Waals surface area contributed by atoms with Crippen LogP contribution in [0.25, 0.3) is 0 Å². The van der Waals surface area contributed by atoms with E-state index in [0.717, 1.165) is 12.8 Å². The third-order valence-electron chi connectivity index (χ3n) is 5.44. The Morgan fingerprint density at radius 2 is 2.00 bits per heavy atom. The molecule has 0 spiro atoms. The van der Waals surface area contributed by atoms with E-state index >= 15 is 0 Å². The third-order valence-corrected chi connectivity index (χ3v) is 5.44. The largest absolute Gasteiger partial charge is 0.461 e. The number of esters is 1. The molecule has 0 radical (unpaired) electrons. The van der Waals surface area contributed by atoms with Gasteiger partial charge in [-0.3, -0.25) is 9.59 Å². The fraction of sp³-hybridized carbons (Fsp3) is 0.733. The van der Waals surface area contributed by atoms with Gasteiger partial charge in [-0.2, -0.15) is 0 Å². The molecule has 6 atom stereocenters. The SMILES string of the molecule is C[C@@H]1C(=O)O[C@@H]2[C@H]1CC[C@@]1(C)C=CC(=O)[C@@H](C)[C@H]21. The molecule has 3 nitrogen and oxygen atoms in total. The topological polar surface area (TPSA) is 43.4 Å². The van der Waals surface area contributed by atoms with Gasteiger partial charge in [-0.05, 0) is 24.3 Å². The lowest BCUT2D eigenvalue weighted by Gasteiger charge is -2.49. The summed E-state index contributed by atoms with van der Waals surface area (Å²) in [5.41, 5.74) is 0.0127. The van der Waals surface area contributed by atoms with Crippen molar-refractivity contribution in [1.82, 2.24) is 0 Å². The molecule has 18 heavy (non-hydrogen) atoms. The van der Waals surface area contributed by atoms with E-state index in [9.17, 15) is 9.59 Å². The molecule has 1 saturated heterocycles. The highest BCUT2D eigenvalue weighted by Crippen LogP contribution is 2.54. The van der Waals surface area contributed by atoms with E-state index in [0.29, 0.717) is 5.92 Å². The molecule has 0 aromatic rings. The number of allylic oxidation sites excluding steroid dienone is 2. The van der Waals surface area contributed by atoms with Gasteiger partial charge in [0.05, 0.1) is 5.92 Å². The maximum atomic E-state index is 11.9. The summed E-state index contributed by atoms with van der Waals surface area (Å²) < 4.78 is 5.61. The second kappa shape index (κ2) is 3.69. The zero-order chi connectivity index (χ0) is 13.1. The van der Waals surface area contributed by atoms with Crippen LogP contribution in [0.2, 0.25) is 0 Å². The van der Waals surface area contributed by atoms with Crippen molar-refractivity contribution in [1.29, 1.82) is 0 Å². The van der Waals surface area contributed by atoms with E-state index in [2.05, 4.69) is 6.92 Å². The number of hydrogen-bond donors (Lipinski definition) is 0. The van der Waals surface area contributed by atoms with Crippen LogP contribution in [0.1, 0.15) is 33.6 Å². The predicted octanol–water partition coefficient (Wildman–Crippen LogP) is 2.36. The van der Waals surface area contributed by atoms with E-state index in [1.807, 2.05) is 19.9 Å². The number of rotatable bonds is 0. The number of ketones is 1. The van der Waals surface area contributed by atoms with Crippen molar-refractivity contribution in [3.8, 4) is 0 Å². The number of ether oxygens (including phenoxy) is 1. The molecule has 2 aliphatic carbocycles. The van der Waals surface area contributed by atoms with Crippen LogP contribution in [0.3, 0.4) is 0 Å². The minimum Gasteiger partial charge on any atom is -0.461 e. The Kier molecular flexibility index (Phi) is 2.45. The number of fused-ring (bicyclic) bond motifs is 3. The van der Waals surface area contributed by atoms with Crippen molar-refractivity contribution in [3.05, 3.63) is 12.2 Å². The van der Waals surface area contributed by atoms with Crippen LogP contribution in [-0.2, 0) is 14.3 Å². The molecule has 3 aliphatic rings. The average Bonchev–Trinajstić information content (AvgIpc) is 2.60. The van der Waals surface area contributed by atoms with Gasteiger partial charge in [0.15, 0.2) is 5.78 Å². The molecule has 3 heteroatoms. The van der Waals surface area contributed by atoms with Crippen molar-refractivity contribution < 1.29 is 14.3 Å². The lowest BCUT2D eigenvalue weighted by Crippen LogP contribution is -2.50. The van der Waals surface area contributed by atoms with Crippen LogP contribution < -0.4 is 0 Å². The van der Waals surface area contributed by atoms with Crippen molar-refractivity contribution in [2.45, 2.75) is 39.7 Å². The number of hydrogen-bond acceptors (Lipinski definition) is 3. The van der Waals surface area contributed by atoms with Gasteiger partial charge in [-0.25, -0.2) is 0 Å². The van der Waals surface area contributed by atoms with E-state index in [1.165, 1.54) is 0 Å². The quantitative estimate of drug-likeness (QED) is 0.618. The molecule has 1 aliphatic heterocycles. The van der Waals surface area contributed by atoms with Crippen LogP contribution in [-0.4, -0.2) is 17.9 Å². The summed E-state index contributed by atoms with van der Waals surface area (Å²) in [6.45, 7) is 6.14. The van der Waals surface area contributed by atoms with Crippen molar-refractivity contribution in [2.75, 3.05) is 0 Å². The third kappa shape index (κ3) is 1.42. The Labute approximate surface area is 108 Å². The molecular formula is C15H20O3. The van der Waals surface area contributed by atoms with E-state index in [1.54, 1.807) is 6.08 Å². The average molecular weight is 248 g/mol. The number of carbonyl (C=O) groups is 2. The zero-order valence-electron chi connectivity index (χ0n) is 11.2. The standard InChI is InChI=1S/C15H20O3/c1-8-10-4-6-15(3)7-5-11(16)9(2)12(15)13(10)18-14(8)17/h5,7-10,12-13H,4,6H2,1-3H3/t8-,9+,10-,12+,13+,15-/m0/s1. The summed E-state index contributed by atoms with van der Waals surface area (Å²) in [5.74, 6) is 0.510. The molecule has 0 aromatic heterocycles. The van der Waals surface area contributed by atoms with E-state index in [4.69, 9.17) is 4.74 Å². The minimum absolute atomic E-state index is 0.00671. The van der Waals surface area contributed by atoms with Crippen LogP contribution in [0.5, 0.6) is 0 Å². The Morgan fingerprint density at radius 1 is 1.28 bits per heavy atom. The highest BCUT2D eigenvalue weighted by Gasteiger charge is 2.57. The Morgan fingerprint density at radius 3 is 2.72 bits per heavy atom. The van der Waals surface area contributed by atoms with Gasteiger partial charge in [-0.15, -0.1) is 0 Å². The molecule has 1 saturated carbocycles.